The molecule has 0 aliphatic rings. The Kier molecular flexibility index (Phi) is 5.63. The summed E-state index contributed by atoms with van der Waals surface area (Å²) in [6, 6.07) is 7.70. The first kappa shape index (κ1) is 13.6. The topological polar surface area (TPSA) is 46.5 Å². The molecule has 0 amide bonds. The number of ether oxygens (including phenoxy) is 1. The Morgan fingerprint density at radius 1 is 1.47 bits per heavy atom. The molecule has 0 aliphatic heterocycles. The number of rotatable bonds is 6. The van der Waals surface area contributed by atoms with Crippen LogP contribution in [-0.4, -0.2) is 23.9 Å². The SMILES string of the molecule is CCC(=CCOc1ccccc1SC)C(=O)O. The van der Waals surface area contributed by atoms with Crippen LogP contribution in [-0.2, 0) is 4.79 Å². The van der Waals surface area contributed by atoms with Crippen LogP contribution in [0.15, 0.2) is 40.8 Å². The van der Waals surface area contributed by atoms with E-state index in [-0.39, 0.29) is 6.61 Å². The Bertz CT molecular complexity index is 413. The van der Waals surface area contributed by atoms with Crippen molar-refractivity contribution in [1.82, 2.24) is 0 Å². The normalized spacial score (nSPS) is 11.3. The van der Waals surface area contributed by atoms with Crippen molar-refractivity contribution in [2.45, 2.75) is 18.2 Å². The predicted octanol–water partition coefficient (Wildman–Crippen LogP) is 3.21. The Labute approximate surface area is 105 Å². The number of para-hydroxylation sites is 1. The monoisotopic (exact) mass is 252 g/mol. The maximum atomic E-state index is 10.8. The quantitative estimate of drug-likeness (QED) is 0.624. The maximum absolute atomic E-state index is 10.8. The Hall–Kier alpha value is -1.42. The minimum atomic E-state index is -0.880. The molecule has 92 valence electrons. The van der Waals surface area contributed by atoms with Crippen molar-refractivity contribution in [2.24, 2.45) is 0 Å². The molecule has 0 saturated carbocycles. The largest absolute Gasteiger partial charge is 0.488 e. The minimum absolute atomic E-state index is 0.285. The fraction of sp³-hybridized carbons (Fsp3) is 0.308. The second-order valence-electron chi connectivity index (χ2n) is 3.35. The lowest BCUT2D eigenvalue weighted by atomic mass is 10.2. The second-order valence-corrected chi connectivity index (χ2v) is 4.20. The van der Waals surface area contributed by atoms with Gasteiger partial charge in [-0.05, 0) is 30.9 Å². The maximum Gasteiger partial charge on any atom is 0.331 e. The summed E-state index contributed by atoms with van der Waals surface area (Å²) in [6.07, 6.45) is 4.09. The van der Waals surface area contributed by atoms with E-state index in [1.807, 2.05) is 37.4 Å². The van der Waals surface area contributed by atoms with Gasteiger partial charge in [-0.3, -0.25) is 0 Å². The van der Waals surface area contributed by atoms with Crippen molar-refractivity contribution in [3.8, 4) is 5.75 Å². The van der Waals surface area contributed by atoms with Gasteiger partial charge in [0.1, 0.15) is 12.4 Å². The van der Waals surface area contributed by atoms with E-state index in [0.717, 1.165) is 10.6 Å². The summed E-state index contributed by atoms with van der Waals surface area (Å²) in [5.41, 5.74) is 0.381. The van der Waals surface area contributed by atoms with Gasteiger partial charge in [0.15, 0.2) is 0 Å². The van der Waals surface area contributed by atoms with Gasteiger partial charge in [0.25, 0.3) is 0 Å². The Balaban J connectivity index is 2.64. The van der Waals surface area contributed by atoms with Gasteiger partial charge in [0.05, 0.1) is 0 Å². The van der Waals surface area contributed by atoms with Gasteiger partial charge >= 0.3 is 5.97 Å². The Morgan fingerprint density at radius 3 is 2.76 bits per heavy atom. The average Bonchev–Trinajstić information content (AvgIpc) is 2.34. The summed E-state index contributed by atoms with van der Waals surface area (Å²) < 4.78 is 5.55. The van der Waals surface area contributed by atoms with Gasteiger partial charge in [-0.2, -0.15) is 0 Å². The Morgan fingerprint density at radius 2 is 2.18 bits per heavy atom. The molecule has 0 radical (unpaired) electrons. The molecule has 0 aliphatic carbocycles. The molecule has 0 saturated heterocycles. The second kappa shape index (κ2) is 7.01. The number of aliphatic carboxylic acids is 1. The van der Waals surface area contributed by atoms with Gasteiger partial charge in [-0.15, -0.1) is 11.8 Å². The summed E-state index contributed by atoms with van der Waals surface area (Å²) in [5.74, 6) is -0.0913. The molecule has 0 fully saturated rings. The first-order valence-corrected chi connectivity index (χ1v) is 6.59. The zero-order chi connectivity index (χ0) is 12.7. The van der Waals surface area contributed by atoms with E-state index >= 15 is 0 Å². The minimum Gasteiger partial charge on any atom is -0.488 e. The van der Waals surface area contributed by atoms with Crippen molar-refractivity contribution < 1.29 is 14.6 Å². The van der Waals surface area contributed by atoms with E-state index in [9.17, 15) is 4.79 Å². The lowest BCUT2D eigenvalue weighted by Gasteiger charge is -2.08. The molecular weight excluding hydrogens is 236 g/mol. The van der Waals surface area contributed by atoms with E-state index in [1.165, 1.54) is 0 Å². The average molecular weight is 252 g/mol. The zero-order valence-electron chi connectivity index (χ0n) is 9.97. The van der Waals surface area contributed by atoms with Gasteiger partial charge in [0.2, 0.25) is 0 Å². The number of hydrogen-bond acceptors (Lipinski definition) is 3. The molecule has 0 spiro atoms. The highest BCUT2D eigenvalue weighted by molar-refractivity contribution is 7.98. The van der Waals surface area contributed by atoms with Gasteiger partial charge in [-0.25, -0.2) is 4.79 Å². The fourth-order valence-electron chi connectivity index (χ4n) is 1.35. The van der Waals surface area contributed by atoms with E-state index in [1.54, 1.807) is 17.8 Å². The van der Waals surface area contributed by atoms with Gasteiger partial charge in [0, 0.05) is 10.5 Å². The van der Waals surface area contributed by atoms with Crippen molar-refractivity contribution in [3.05, 3.63) is 35.9 Å². The zero-order valence-corrected chi connectivity index (χ0v) is 10.8. The predicted molar refractivity (Wildman–Crippen MR) is 69.7 cm³/mol. The van der Waals surface area contributed by atoms with Crippen LogP contribution in [0.5, 0.6) is 5.75 Å². The van der Waals surface area contributed by atoms with Gasteiger partial charge < -0.3 is 9.84 Å². The first-order chi connectivity index (χ1) is 8.19. The third kappa shape index (κ3) is 4.15. The van der Waals surface area contributed by atoms with Crippen LogP contribution >= 0.6 is 11.8 Å². The molecule has 3 nitrogen and oxygen atoms in total. The number of carbonyl (C=O) groups is 1. The third-order valence-electron chi connectivity index (χ3n) is 2.29. The van der Waals surface area contributed by atoms with Gasteiger partial charge in [-0.1, -0.05) is 19.1 Å². The van der Waals surface area contributed by atoms with E-state index in [2.05, 4.69) is 0 Å². The lowest BCUT2D eigenvalue weighted by Crippen LogP contribution is -2.03. The highest BCUT2D eigenvalue weighted by atomic mass is 32.2. The summed E-state index contributed by atoms with van der Waals surface area (Å²) in [7, 11) is 0. The molecule has 0 aromatic heterocycles. The first-order valence-electron chi connectivity index (χ1n) is 5.37. The number of carboxylic acids is 1. The highest BCUT2D eigenvalue weighted by Crippen LogP contribution is 2.26. The molecule has 0 heterocycles. The molecule has 0 unspecified atom stereocenters. The molecule has 1 rings (SSSR count). The molecular formula is C13H16O3S. The standard InChI is InChI=1S/C13H16O3S/c1-3-10(13(14)15)8-9-16-11-6-4-5-7-12(11)17-2/h4-8H,3,9H2,1-2H3,(H,14,15). The van der Waals surface area contributed by atoms with E-state index in [0.29, 0.717) is 12.0 Å². The highest BCUT2D eigenvalue weighted by Gasteiger charge is 2.04. The van der Waals surface area contributed by atoms with Crippen LogP contribution in [0.3, 0.4) is 0 Å². The molecule has 17 heavy (non-hydrogen) atoms. The molecule has 0 bridgehead atoms. The summed E-state index contributed by atoms with van der Waals surface area (Å²) >= 11 is 1.60. The van der Waals surface area contributed by atoms with Crippen LogP contribution in [0.25, 0.3) is 0 Å². The van der Waals surface area contributed by atoms with Crippen molar-refractivity contribution in [2.75, 3.05) is 12.9 Å². The van der Waals surface area contributed by atoms with E-state index < -0.39 is 5.97 Å². The smallest absolute Gasteiger partial charge is 0.331 e. The summed E-state index contributed by atoms with van der Waals surface area (Å²) in [4.78, 5) is 11.8. The molecule has 0 atom stereocenters. The number of thioether (sulfide) groups is 1. The number of carboxylic acid groups (broad SMARTS) is 1. The molecule has 1 aromatic carbocycles. The summed E-state index contributed by atoms with van der Waals surface area (Å²) in [5, 5.41) is 8.84. The van der Waals surface area contributed by atoms with Crippen molar-refractivity contribution in [3.63, 3.8) is 0 Å². The van der Waals surface area contributed by atoms with Crippen LogP contribution in [0, 0.1) is 0 Å². The van der Waals surface area contributed by atoms with Crippen LogP contribution < -0.4 is 4.74 Å². The number of hydrogen-bond donors (Lipinski definition) is 1. The number of benzene rings is 1. The van der Waals surface area contributed by atoms with Crippen molar-refractivity contribution in [1.29, 1.82) is 0 Å². The van der Waals surface area contributed by atoms with Crippen LogP contribution in [0.2, 0.25) is 0 Å². The summed E-state index contributed by atoms with van der Waals surface area (Å²) in [6.45, 7) is 2.10. The van der Waals surface area contributed by atoms with Crippen molar-refractivity contribution >= 4 is 17.7 Å². The van der Waals surface area contributed by atoms with Crippen LogP contribution in [0.4, 0.5) is 0 Å². The third-order valence-corrected chi connectivity index (χ3v) is 3.07. The molecule has 1 aromatic rings. The fourth-order valence-corrected chi connectivity index (χ4v) is 1.90. The lowest BCUT2D eigenvalue weighted by molar-refractivity contribution is -0.132. The molecule has 4 heteroatoms. The van der Waals surface area contributed by atoms with Crippen LogP contribution in [0.1, 0.15) is 13.3 Å². The van der Waals surface area contributed by atoms with E-state index in [4.69, 9.17) is 9.84 Å². The molecule has 1 N–H and O–H groups in total.